The number of benzene rings is 1. The van der Waals surface area contributed by atoms with Crippen LogP contribution in [0.3, 0.4) is 0 Å². The number of hydrogen-bond donors (Lipinski definition) is 1. The molecule has 0 aliphatic carbocycles. The minimum absolute atomic E-state index is 0.0846. The number of nitrogens with zero attached hydrogens (tertiary/aromatic N) is 4. The number of thiophene rings is 1. The van der Waals surface area contributed by atoms with E-state index in [0.717, 1.165) is 31.4 Å². The van der Waals surface area contributed by atoms with Crippen LogP contribution < -0.4 is 5.32 Å². The lowest BCUT2D eigenvalue weighted by Crippen LogP contribution is -2.24. The molecule has 4 aromatic rings. The normalized spacial score (nSPS) is 12.4. The summed E-state index contributed by atoms with van der Waals surface area (Å²) in [4.78, 5) is 23.0. The number of carbonyl (C=O) groups is 1. The molecule has 3 aromatic heterocycles. The van der Waals surface area contributed by atoms with E-state index < -0.39 is 0 Å². The first-order valence-electron chi connectivity index (χ1n) is 10.5. The Bertz CT molecular complexity index is 1260. The maximum absolute atomic E-state index is 13.0. The molecular weight excluding hydrogens is 458 g/mol. The quantitative estimate of drug-likeness (QED) is 0.240. The second-order valence-electron chi connectivity index (χ2n) is 7.91. The third-order valence-electron chi connectivity index (χ3n) is 5.24. The van der Waals surface area contributed by atoms with Crippen LogP contribution in [0.2, 0.25) is 0 Å². The molecule has 166 valence electrons. The molecule has 1 atom stereocenters. The van der Waals surface area contributed by atoms with Crippen molar-refractivity contribution >= 4 is 55.7 Å². The van der Waals surface area contributed by atoms with Gasteiger partial charge in [0.25, 0.3) is 0 Å². The third kappa shape index (κ3) is 4.69. The van der Waals surface area contributed by atoms with Gasteiger partial charge in [-0.25, -0.2) is 9.97 Å². The molecule has 0 aliphatic rings. The Labute approximate surface area is 199 Å². The lowest BCUT2D eigenvalue weighted by Gasteiger charge is -2.14. The Morgan fingerprint density at radius 2 is 1.97 bits per heavy atom. The molecule has 1 unspecified atom stereocenters. The summed E-state index contributed by atoms with van der Waals surface area (Å²) in [5, 5.41) is 16.3. The second kappa shape index (κ2) is 9.64. The van der Waals surface area contributed by atoms with Crippen molar-refractivity contribution in [1.82, 2.24) is 20.2 Å². The van der Waals surface area contributed by atoms with Gasteiger partial charge in [0.2, 0.25) is 11.0 Å². The van der Waals surface area contributed by atoms with Gasteiger partial charge in [-0.3, -0.25) is 10.1 Å². The van der Waals surface area contributed by atoms with E-state index in [1.807, 2.05) is 6.92 Å². The topological polar surface area (TPSA) is 80.7 Å². The van der Waals surface area contributed by atoms with E-state index in [9.17, 15) is 4.79 Å². The first kappa shape index (κ1) is 22.8. The summed E-state index contributed by atoms with van der Waals surface area (Å²) in [7, 11) is 0. The van der Waals surface area contributed by atoms with E-state index >= 15 is 0 Å². The minimum Gasteiger partial charge on any atom is -0.300 e. The fraction of sp³-hybridized carbons (Fsp3) is 0.348. The molecule has 0 bridgehead atoms. The molecule has 0 fully saturated rings. The summed E-state index contributed by atoms with van der Waals surface area (Å²) in [6.07, 6.45) is 2.25. The highest BCUT2D eigenvalue weighted by Crippen LogP contribution is 2.40. The maximum Gasteiger partial charge on any atom is 0.239 e. The lowest BCUT2D eigenvalue weighted by atomic mass is 10.0. The fourth-order valence-electron chi connectivity index (χ4n) is 3.22. The molecule has 6 nitrogen and oxygen atoms in total. The van der Waals surface area contributed by atoms with Crippen LogP contribution >= 0.6 is 34.4 Å². The predicted molar refractivity (Wildman–Crippen MR) is 135 cm³/mol. The van der Waals surface area contributed by atoms with Gasteiger partial charge >= 0.3 is 0 Å². The third-order valence-corrected chi connectivity index (χ3v) is 8.63. The summed E-state index contributed by atoms with van der Waals surface area (Å²) >= 11 is 4.50. The van der Waals surface area contributed by atoms with E-state index in [1.54, 1.807) is 17.7 Å². The van der Waals surface area contributed by atoms with Crippen molar-refractivity contribution in [3.8, 4) is 11.1 Å². The van der Waals surface area contributed by atoms with Crippen LogP contribution in [0.25, 0.3) is 21.3 Å². The molecule has 0 saturated heterocycles. The lowest BCUT2D eigenvalue weighted by molar-refractivity contribution is -0.115. The van der Waals surface area contributed by atoms with Crippen molar-refractivity contribution in [2.45, 2.75) is 57.2 Å². The highest BCUT2D eigenvalue weighted by Gasteiger charge is 2.23. The molecule has 0 aliphatic heterocycles. The van der Waals surface area contributed by atoms with Crippen molar-refractivity contribution in [3.05, 3.63) is 46.0 Å². The number of aromatic nitrogens is 4. The average Bonchev–Trinajstić information content (AvgIpc) is 3.41. The number of rotatable bonds is 7. The van der Waals surface area contributed by atoms with Crippen LogP contribution in [0.4, 0.5) is 5.13 Å². The molecule has 0 saturated carbocycles. The number of carbonyl (C=O) groups excluding carboxylic acids is 1. The first-order valence-corrected chi connectivity index (χ1v) is 13.1. The van der Waals surface area contributed by atoms with E-state index in [4.69, 9.17) is 0 Å². The van der Waals surface area contributed by atoms with Crippen LogP contribution in [0.1, 0.15) is 49.2 Å². The number of nitrogens with one attached hydrogen (secondary N) is 1. The van der Waals surface area contributed by atoms with Gasteiger partial charge < -0.3 is 0 Å². The zero-order valence-corrected chi connectivity index (χ0v) is 21.1. The van der Waals surface area contributed by atoms with Crippen molar-refractivity contribution in [2.75, 3.05) is 5.32 Å². The molecule has 32 heavy (non-hydrogen) atoms. The van der Waals surface area contributed by atoms with E-state index in [-0.39, 0.29) is 17.1 Å². The van der Waals surface area contributed by atoms with Crippen molar-refractivity contribution in [1.29, 1.82) is 0 Å². The number of thioether (sulfide) groups is 1. The van der Waals surface area contributed by atoms with Crippen LogP contribution in [0.15, 0.2) is 34.9 Å². The van der Waals surface area contributed by atoms with Crippen molar-refractivity contribution in [3.63, 3.8) is 0 Å². The monoisotopic (exact) mass is 483 g/mol. The molecule has 0 radical (unpaired) electrons. The number of aryl methyl sites for hydroxylation is 2. The van der Waals surface area contributed by atoms with Crippen LogP contribution in [-0.4, -0.2) is 31.3 Å². The molecule has 9 heteroatoms. The van der Waals surface area contributed by atoms with Crippen LogP contribution in [0.5, 0.6) is 0 Å². The standard InChI is InChI=1S/C23H25N5OS3/c1-6-17(19(29)26-23-28-27-20(32-23)12(2)3)31-22-18-16(10-30-21(18)24-11-25-22)15-8-7-13(4)14(5)9-15/h7-12,17H,6H2,1-5H3,(H,26,28,29). The number of hydrogen-bond acceptors (Lipinski definition) is 8. The molecule has 1 amide bonds. The Hall–Kier alpha value is -2.36. The van der Waals surface area contributed by atoms with Gasteiger partial charge in [0.15, 0.2) is 0 Å². The molecule has 4 rings (SSSR count). The minimum atomic E-state index is -0.299. The summed E-state index contributed by atoms with van der Waals surface area (Å²) in [5.74, 6) is 0.199. The van der Waals surface area contributed by atoms with Gasteiger partial charge in [-0.05, 0) is 37.0 Å². The Balaban J connectivity index is 1.62. The van der Waals surface area contributed by atoms with Crippen LogP contribution in [-0.2, 0) is 4.79 Å². The average molecular weight is 484 g/mol. The van der Waals surface area contributed by atoms with Crippen molar-refractivity contribution in [2.24, 2.45) is 0 Å². The largest absolute Gasteiger partial charge is 0.300 e. The zero-order valence-electron chi connectivity index (χ0n) is 18.7. The fourth-order valence-corrected chi connectivity index (χ4v) is 5.98. The number of fused-ring (bicyclic) bond motifs is 1. The van der Waals surface area contributed by atoms with Gasteiger partial charge in [0, 0.05) is 16.9 Å². The van der Waals surface area contributed by atoms with Gasteiger partial charge in [-0.2, -0.15) is 0 Å². The van der Waals surface area contributed by atoms with E-state index in [0.29, 0.717) is 11.6 Å². The highest BCUT2D eigenvalue weighted by molar-refractivity contribution is 8.00. The zero-order chi connectivity index (χ0) is 22.8. The van der Waals surface area contributed by atoms with E-state index in [2.05, 4.69) is 76.8 Å². The summed E-state index contributed by atoms with van der Waals surface area (Å²) in [5.41, 5.74) is 4.76. The SMILES string of the molecule is CCC(Sc1ncnc2scc(-c3ccc(C)c(C)c3)c12)C(=O)Nc1nnc(C(C)C)s1. The molecule has 0 spiro atoms. The summed E-state index contributed by atoms with van der Waals surface area (Å²) < 4.78 is 0. The van der Waals surface area contributed by atoms with Crippen molar-refractivity contribution < 1.29 is 4.79 Å². The molecule has 1 aromatic carbocycles. The number of anilines is 1. The summed E-state index contributed by atoms with van der Waals surface area (Å²) in [6, 6.07) is 6.47. The van der Waals surface area contributed by atoms with Gasteiger partial charge in [0.1, 0.15) is 21.2 Å². The van der Waals surface area contributed by atoms with Crippen LogP contribution in [0, 0.1) is 13.8 Å². The van der Waals surface area contributed by atoms with Gasteiger partial charge in [0.05, 0.1) is 10.6 Å². The first-order chi connectivity index (χ1) is 15.4. The van der Waals surface area contributed by atoms with Gasteiger partial charge in [-0.15, -0.1) is 21.5 Å². The highest BCUT2D eigenvalue weighted by atomic mass is 32.2. The second-order valence-corrected chi connectivity index (χ2v) is 11.0. The predicted octanol–water partition coefficient (Wildman–Crippen LogP) is 6.46. The van der Waals surface area contributed by atoms with E-state index in [1.165, 1.54) is 34.2 Å². The Kier molecular flexibility index (Phi) is 6.88. The number of amides is 1. The maximum atomic E-state index is 13.0. The smallest absolute Gasteiger partial charge is 0.239 e. The summed E-state index contributed by atoms with van der Waals surface area (Å²) in [6.45, 7) is 10.4. The molecule has 1 N–H and O–H groups in total. The molecule has 3 heterocycles. The van der Waals surface area contributed by atoms with Gasteiger partial charge in [-0.1, -0.05) is 62.1 Å². The Morgan fingerprint density at radius 3 is 2.66 bits per heavy atom. The Morgan fingerprint density at radius 1 is 1.16 bits per heavy atom. The molecular formula is C23H25N5OS3.